The first kappa shape index (κ1) is 12.2. The van der Waals surface area contributed by atoms with Crippen molar-refractivity contribution >= 4 is 5.69 Å². The summed E-state index contributed by atoms with van der Waals surface area (Å²) in [5.74, 6) is 0.335. The zero-order valence-corrected chi connectivity index (χ0v) is 10.9. The molecule has 0 atom stereocenters. The van der Waals surface area contributed by atoms with E-state index in [9.17, 15) is 4.39 Å². The van der Waals surface area contributed by atoms with Gasteiger partial charge in [-0.1, -0.05) is 12.1 Å². The average molecular weight is 256 g/mol. The Morgan fingerprint density at radius 1 is 1.21 bits per heavy atom. The van der Waals surface area contributed by atoms with Crippen molar-refractivity contribution in [2.24, 2.45) is 0 Å². The van der Waals surface area contributed by atoms with E-state index in [2.05, 4.69) is 16.4 Å². The van der Waals surface area contributed by atoms with Crippen LogP contribution < -0.4 is 5.32 Å². The molecule has 0 aliphatic heterocycles. The Hall–Kier alpha value is -1.90. The summed E-state index contributed by atoms with van der Waals surface area (Å²) in [5, 5.41) is 3.50. The van der Waals surface area contributed by atoms with Crippen LogP contribution in [-0.2, 0) is 0 Å². The highest BCUT2D eigenvalue weighted by Crippen LogP contribution is 2.38. The lowest BCUT2D eigenvalue weighted by Crippen LogP contribution is -2.34. The lowest BCUT2D eigenvalue weighted by Gasteiger charge is -2.37. The van der Waals surface area contributed by atoms with E-state index in [1.54, 1.807) is 18.3 Å². The van der Waals surface area contributed by atoms with Gasteiger partial charge in [-0.3, -0.25) is 4.98 Å². The van der Waals surface area contributed by atoms with Gasteiger partial charge in [0.1, 0.15) is 5.82 Å². The molecule has 0 amide bonds. The van der Waals surface area contributed by atoms with Crippen molar-refractivity contribution in [2.45, 2.75) is 31.7 Å². The van der Waals surface area contributed by atoms with Crippen molar-refractivity contribution in [3.63, 3.8) is 0 Å². The van der Waals surface area contributed by atoms with Crippen LogP contribution in [0.3, 0.4) is 0 Å². The Bertz CT molecular complexity index is 576. The minimum atomic E-state index is -0.142. The van der Waals surface area contributed by atoms with E-state index < -0.39 is 0 Å². The summed E-state index contributed by atoms with van der Waals surface area (Å²) in [4.78, 5) is 4.27. The molecule has 2 nitrogen and oxygen atoms in total. The van der Waals surface area contributed by atoms with Gasteiger partial charge in [-0.25, -0.2) is 4.39 Å². The number of rotatable bonds is 3. The second kappa shape index (κ2) is 5.00. The quantitative estimate of drug-likeness (QED) is 0.901. The molecular weight excluding hydrogens is 239 g/mol. The second-order valence-corrected chi connectivity index (χ2v) is 5.20. The third-order valence-electron chi connectivity index (χ3n) is 3.82. The number of hydrogen-bond acceptors (Lipinski definition) is 2. The number of anilines is 1. The largest absolute Gasteiger partial charge is 0.381 e. The Morgan fingerprint density at radius 3 is 2.79 bits per heavy atom. The molecule has 1 aliphatic rings. The van der Waals surface area contributed by atoms with Crippen molar-refractivity contribution in [1.82, 2.24) is 4.98 Å². The lowest BCUT2D eigenvalue weighted by atomic mass is 9.76. The number of benzene rings is 1. The molecular formula is C16H17FN2. The van der Waals surface area contributed by atoms with Crippen LogP contribution in [0.25, 0.3) is 0 Å². The highest BCUT2D eigenvalue weighted by atomic mass is 19.1. The fourth-order valence-electron chi connectivity index (χ4n) is 2.63. The predicted molar refractivity (Wildman–Crippen MR) is 74.8 cm³/mol. The van der Waals surface area contributed by atoms with Crippen molar-refractivity contribution in [3.05, 3.63) is 59.7 Å². The molecule has 0 saturated heterocycles. The molecule has 0 unspecified atom stereocenters. The zero-order valence-electron chi connectivity index (χ0n) is 10.9. The number of hydrogen-bond donors (Lipinski definition) is 1. The van der Waals surface area contributed by atoms with Crippen LogP contribution in [0.2, 0.25) is 0 Å². The van der Waals surface area contributed by atoms with Crippen LogP contribution in [0.15, 0.2) is 42.6 Å². The van der Waals surface area contributed by atoms with Crippen molar-refractivity contribution in [2.75, 3.05) is 5.32 Å². The Balaban J connectivity index is 1.60. The SMILES string of the molecule is Cc1ncccc1NC1CC(c2cccc(F)c2)C1. The van der Waals surface area contributed by atoms with Gasteiger partial charge in [0.15, 0.2) is 0 Å². The van der Waals surface area contributed by atoms with Crippen LogP contribution >= 0.6 is 0 Å². The third-order valence-corrected chi connectivity index (χ3v) is 3.82. The van der Waals surface area contributed by atoms with E-state index in [0.717, 1.165) is 29.8 Å². The van der Waals surface area contributed by atoms with Crippen LogP contribution in [0.4, 0.5) is 10.1 Å². The summed E-state index contributed by atoms with van der Waals surface area (Å²) in [5.41, 5.74) is 3.24. The highest BCUT2D eigenvalue weighted by Gasteiger charge is 2.30. The van der Waals surface area contributed by atoms with Gasteiger partial charge >= 0.3 is 0 Å². The number of nitrogens with zero attached hydrogens (tertiary/aromatic N) is 1. The van der Waals surface area contributed by atoms with Crippen molar-refractivity contribution in [3.8, 4) is 0 Å². The minimum absolute atomic E-state index is 0.142. The summed E-state index contributed by atoms with van der Waals surface area (Å²) in [6.07, 6.45) is 3.91. The molecule has 3 rings (SSSR count). The molecule has 1 aromatic heterocycles. The molecule has 1 aromatic carbocycles. The number of halogens is 1. The molecule has 0 spiro atoms. The maximum atomic E-state index is 13.2. The molecule has 1 aliphatic carbocycles. The zero-order chi connectivity index (χ0) is 13.2. The Kier molecular flexibility index (Phi) is 3.20. The van der Waals surface area contributed by atoms with Crippen molar-refractivity contribution in [1.29, 1.82) is 0 Å². The van der Waals surface area contributed by atoms with Crippen LogP contribution in [-0.4, -0.2) is 11.0 Å². The summed E-state index contributed by atoms with van der Waals surface area (Å²) in [6, 6.07) is 11.4. The molecule has 0 bridgehead atoms. The average Bonchev–Trinajstić information content (AvgIpc) is 2.35. The van der Waals surface area contributed by atoms with Gasteiger partial charge in [-0.05, 0) is 55.5 Å². The highest BCUT2D eigenvalue weighted by molar-refractivity contribution is 5.48. The van der Waals surface area contributed by atoms with Gasteiger partial charge in [0.05, 0.1) is 11.4 Å². The third kappa shape index (κ3) is 2.60. The van der Waals surface area contributed by atoms with E-state index in [4.69, 9.17) is 0 Å². The minimum Gasteiger partial charge on any atom is -0.381 e. The molecule has 1 fully saturated rings. The molecule has 3 heteroatoms. The maximum absolute atomic E-state index is 13.2. The number of nitrogens with one attached hydrogen (secondary N) is 1. The summed E-state index contributed by atoms with van der Waals surface area (Å²) in [6.45, 7) is 2.01. The number of pyridine rings is 1. The topological polar surface area (TPSA) is 24.9 Å². The van der Waals surface area contributed by atoms with Gasteiger partial charge in [0, 0.05) is 12.2 Å². The molecule has 1 heterocycles. The first-order valence-corrected chi connectivity index (χ1v) is 6.66. The van der Waals surface area contributed by atoms with Crippen LogP contribution in [0.5, 0.6) is 0 Å². The van der Waals surface area contributed by atoms with Gasteiger partial charge < -0.3 is 5.32 Å². The van der Waals surface area contributed by atoms with E-state index >= 15 is 0 Å². The van der Waals surface area contributed by atoms with Crippen molar-refractivity contribution < 1.29 is 4.39 Å². The lowest BCUT2D eigenvalue weighted by molar-refractivity contribution is 0.373. The van der Waals surface area contributed by atoms with E-state index in [0.29, 0.717) is 12.0 Å². The first-order chi connectivity index (χ1) is 9.22. The fourth-order valence-corrected chi connectivity index (χ4v) is 2.63. The summed E-state index contributed by atoms with van der Waals surface area (Å²) >= 11 is 0. The van der Waals surface area contributed by atoms with E-state index in [-0.39, 0.29) is 5.82 Å². The molecule has 98 valence electrons. The van der Waals surface area contributed by atoms with Gasteiger partial charge in [0.2, 0.25) is 0 Å². The number of aryl methyl sites for hydroxylation is 1. The fraction of sp³-hybridized carbons (Fsp3) is 0.312. The van der Waals surface area contributed by atoms with Gasteiger partial charge in [-0.2, -0.15) is 0 Å². The summed E-state index contributed by atoms with van der Waals surface area (Å²) in [7, 11) is 0. The molecule has 1 N–H and O–H groups in total. The normalized spacial score (nSPS) is 21.8. The molecule has 2 aromatic rings. The van der Waals surface area contributed by atoms with E-state index in [1.807, 2.05) is 19.1 Å². The van der Waals surface area contributed by atoms with Gasteiger partial charge in [-0.15, -0.1) is 0 Å². The molecule has 19 heavy (non-hydrogen) atoms. The Labute approximate surface area is 112 Å². The van der Waals surface area contributed by atoms with E-state index in [1.165, 1.54) is 6.07 Å². The monoisotopic (exact) mass is 256 g/mol. The van der Waals surface area contributed by atoms with Gasteiger partial charge in [0.25, 0.3) is 0 Å². The Morgan fingerprint density at radius 2 is 2.05 bits per heavy atom. The second-order valence-electron chi connectivity index (χ2n) is 5.20. The predicted octanol–water partition coefficient (Wildman–Crippen LogP) is 3.89. The molecule has 0 radical (unpaired) electrons. The van der Waals surface area contributed by atoms with Crippen LogP contribution in [0, 0.1) is 12.7 Å². The maximum Gasteiger partial charge on any atom is 0.123 e. The smallest absolute Gasteiger partial charge is 0.123 e. The standard InChI is InChI=1S/C16H17FN2/c1-11-16(6-3-7-18-11)19-15-9-13(10-15)12-4-2-5-14(17)8-12/h2-8,13,15,19H,9-10H2,1H3. The molecule has 1 saturated carbocycles. The summed E-state index contributed by atoms with van der Waals surface area (Å²) < 4.78 is 13.2. The number of aromatic nitrogens is 1. The van der Waals surface area contributed by atoms with Crippen LogP contribution in [0.1, 0.15) is 30.0 Å². The first-order valence-electron chi connectivity index (χ1n) is 6.66.